The van der Waals surface area contributed by atoms with Crippen molar-refractivity contribution in [1.82, 2.24) is 30.5 Å². The van der Waals surface area contributed by atoms with Crippen molar-refractivity contribution < 1.29 is 36.4 Å². The molecule has 1 aromatic carbocycles. The number of benzene rings is 1. The van der Waals surface area contributed by atoms with Gasteiger partial charge in [-0.3, -0.25) is 14.4 Å². The van der Waals surface area contributed by atoms with E-state index in [1.807, 2.05) is 66.7 Å². The van der Waals surface area contributed by atoms with Crippen LogP contribution in [0.5, 0.6) is 0 Å². The highest BCUT2D eigenvalue weighted by molar-refractivity contribution is 7.88. The number of rotatable bonds is 14. The molecule has 15 heteroatoms. The van der Waals surface area contributed by atoms with Crippen molar-refractivity contribution in [3.8, 4) is 0 Å². The van der Waals surface area contributed by atoms with Crippen molar-refractivity contribution in [2.75, 3.05) is 32.9 Å². The first-order valence-corrected chi connectivity index (χ1v) is 19.7. The van der Waals surface area contributed by atoms with Gasteiger partial charge in [-0.2, -0.15) is 0 Å². The molecule has 294 valence electrons. The lowest BCUT2D eigenvalue weighted by molar-refractivity contribution is -0.144. The number of hydrogen-bond acceptors (Lipinski definition) is 6. The molecule has 6 atom stereocenters. The van der Waals surface area contributed by atoms with Crippen molar-refractivity contribution >= 4 is 33.8 Å². The third kappa shape index (κ3) is 10.6. The summed E-state index contributed by atoms with van der Waals surface area (Å²) in [6.07, 6.45) is -2.21. The number of sulfonamides is 1. The van der Waals surface area contributed by atoms with E-state index in [0.29, 0.717) is 6.42 Å². The third-order valence-corrected chi connectivity index (χ3v) is 12.1. The Balaban J connectivity index is 1.79. The molecule has 0 spiro atoms. The Labute approximate surface area is 308 Å². The number of carbonyl (C=O) groups is 4. The van der Waals surface area contributed by atoms with Crippen LogP contribution >= 0.6 is 0 Å². The van der Waals surface area contributed by atoms with Crippen molar-refractivity contribution in [2.24, 2.45) is 28.1 Å². The first-order valence-electron chi connectivity index (χ1n) is 17.9. The highest BCUT2D eigenvalue weighted by Gasteiger charge is 2.70. The Bertz CT molecular complexity index is 1610. The molecule has 5 amide bonds. The molecule has 52 heavy (non-hydrogen) atoms. The molecule has 0 aromatic heterocycles. The molecule has 3 rings (SSSR count). The smallest absolute Gasteiger partial charge is 0.315 e. The van der Waals surface area contributed by atoms with E-state index in [1.54, 1.807) is 20.8 Å². The molecule has 4 N–H and O–H groups in total. The summed E-state index contributed by atoms with van der Waals surface area (Å²) in [5.41, 5.74) is 1.52. The van der Waals surface area contributed by atoms with Crippen molar-refractivity contribution in [1.29, 1.82) is 0 Å². The maximum atomic E-state index is 14.3. The molecule has 0 bridgehead atoms. The molecular formula is C37H60F2N6O6S. The molecule has 1 heterocycles. The second-order valence-electron chi connectivity index (χ2n) is 17.4. The molecule has 2 fully saturated rings. The van der Waals surface area contributed by atoms with Gasteiger partial charge in [0.25, 0.3) is 0 Å². The molecule has 1 saturated heterocycles. The zero-order valence-corrected chi connectivity index (χ0v) is 33.6. The van der Waals surface area contributed by atoms with Crippen LogP contribution in [0.2, 0.25) is 0 Å². The normalized spacial score (nSPS) is 21.6. The number of nitrogens with zero attached hydrogens (tertiary/aromatic N) is 2. The molecular weight excluding hydrogens is 695 g/mol. The lowest BCUT2D eigenvalue weighted by atomic mass is 9.85. The second-order valence-corrected chi connectivity index (χ2v) is 19.5. The van der Waals surface area contributed by atoms with E-state index >= 15 is 0 Å². The Hall–Kier alpha value is -3.33. The fourth-order valence-corrected chi connectivity index (χ4v) is 7.39. The molecule has 1 aliphatic heterocycles. The van der Waals surface area contributed by atoms with Crippen LogP contribution in [0.3, 0.4) is 0 Å². The van der Waals surface area contributed by atoms with E-state index in [2.05, 4.69) is 21.3 Å². The fraction of sp³-hybridized carbons (Fsp3) is 0.730. The average Bonchev–Trinajstić information content (AvgIpc) is 3.30. The number of halogens is 2. The quantitative estimate of drug-likeness (QED) is 0.228. The average molecular weight is 755 g/mol. The first kappa shape index (κ1) is 43.1. The zero-order chi connectivity index (χ0) is 39.7. The summed E-state index contributed by atoms with van der Waals surface area (Å²) < 4.78 is 52.8. The zero-order valence-electron chi connectivity index (χ0n) is 32.8. The second kappa shape index (κ2) is 16.0. The van der Waals surface area contributed by atoms with Gasteiger partial charge in [0.05, 0.1) is 6.26 Å². The van der Waals surface area contributed by atoms with Gasteiger partial charge in [0, 0.05) is 39.1 Å². The van der Waals surface area contributed by atoms with Gasteiger partial charge < -0.3 is 26.2 Å². The Morgan fingerprint density at radius 1 is 0.981 bits per heavy atom. The number of likely N-dealkylation sites (N-methyl/N-ethyl adjacent to an activating group) is 1. The van der Waals surface area contributed by atoms with E-state index in [1.165, 1.54) is 11.9 Å². The van der Waals surface area contributed by atoms with Gasteiger partial charge in [-0.05, 0) is 65.0 Å². The van der Waals surface area contributed by atoms with Crippen LogP contribution in [0.1, 0.15) is 78.5 Å². The largest absolute Gasteiger partial charge is 0.354 e. The Morgan fingerprint density at radius 3 is 2.12 bits per heavy atom. The van der Waals surface area contributed by atoms with Crippen molar-refractivity contribution in [2.45, 2.75) is 113 Å². The summed E-state index contributed by atoms with van der Waals surface area (Å²) in [6.45, 7) is 19.2. The standard InChI is InChI=1S/C37H60F2N6O6S/c1-21-13-14-23(17-22(21)2)15-16-40-31(46)25(18-27(38)39)41-32(47)29-28-24(37(28,9)10)19-45(29)33(48)30(36(6,7)8)43-34(49)42-26(35(3,4)5)20-44(11)52(12,50)51/h13-14,17,24-30H,15-16,18-20H2,1-12H3,(H,40,46)(H,41,47)(H2,42,43,49)/t24-,25-,26+,28-,29-,30+/m0/s1. The monoisotopic (exact) mass is 754 g/mol. The number of amides is 5. The fourth-order valence-electron chi connectivity index (χ4n) is 6.97. The van der Waals surface area contributed by atoms with Gasteiger partial charge in [-0.25, -0.2) is 26.3 Å². The molecule has 1 aromatic rings. The first-order chi connectivity index (χ1) is 23.7. The summed E-state index contributed by atoms with van der Waals surface area (Å²) in [6, 6.07) is 0.935. The molecule has 1 saturated carbocycles. The van der Waals surface area contributed by atoms with Crippen LogP contribution in [0, 0.1) is 41.9 Å². The maximum absolute atomic E-state index is 14.3. The molecule has 0 unspecified atom stereocenters. The minimum Gasteiger partial charge on any atom is -0.354 e. The number of hydrogen-bond donors (Lipinski definition) is 4. The number of nitrogens with one attached hydrogen (secondary N) is 4. The number of fused-ring (bicyclic) bond motifs is 1. The van der Waals surface area contributed by atoms with Gasteiger partial charge in [-0.1, -0.05) is 73.6 Å². The summed E-state index contributed by atoms with van der Waals surface area (Å²) in [4.78, 5) is 56.4. The van der Waals surface area contributed by atoms with Gasteiger partial charge in [-0.15, -0.1) is 0 Å². The topological polar surface area (TPSA) is 157 Å². The van der Waals surface area contributed by atoms with Crippen LogP contribution < -0.4 is 21.3 Å². The third-order valence-electron chi connectivity index (χ3n) is 10.8. The number of carbonyl (C=O) groups excluding carboxylic acids is 4. The SMILES string of the molecule is Cc1ccc(CCNC(=O)[C@H](CC(F)F)NC(=O)[C@@H]2[C@@H]3[C@H](CN2C(=O)[C@@H](NC(=O)N[C@H](CN(C)S(C)(=O)=O)C(C)(C)C)C(C)(C)C)C3(C)C)cc1C. The highest BCUT2D eigenvalue weighted by atomic mass is 32.2. The summed E-state index contributed by atoms with van der Waals surface area (Å²) in [5.74, 6) is -2.27. The predicted octanol–water partition coefficient (Wildman–Crippen LogP) is 3.61. The summed E-state index contributed by atoms with van der Waals surface area (Å²) in [7, 11) is -2.11. The van der Waals surface area contributed by atoms with E-state index in [-0.39, 0.29) is 36.9 Å². The van der Waals surface area contributed by atoms with Crippen molar-refractivity contribution in [3.05, 3.63) is 34.9 Å². The number of alkyl halides is 2. The summed E-state index contributed by atoms with van der Waals surface area (Å²) in [5, 5.41) is 10.9. The number of urea groups is 1. The van der Waals surface area contributed by atoms with Crippen LogP contribution in [0.4, 0.5) is 13.6 Å². The van der Waals surface area contributed by atoms with Gasteiger partial charge in [0.15, 0.2) is 0 Å². The lowest BCUT2D eigenvalue weighted by Gasteiger charge is -2.39. The summed E-state index contributed by atoms with van der Waals surface area (Å²) >= 11 is 0. The molecule has 1 aliphatic carbocycles. The van der Waals surface area contributed by atoms with Crippen molar-refractivity contribution in [3.63, 3.8) is 0 Å². The van der Waals surface area contributed by atoms with Crippen LogP contribution in [0.15, 0.2) is 18.2 Å². The molecule has 2 aliphatic rings. The van der Waals surface area contributed by atoms with Crippen LogP contribution in [-0.4, -0.2) is 105 Å². The van der Waals surface area contributed by atoms with E-state index < -0.39 is 81.6 Å². The number of piperidine rings is 1. The Morgan fingerprint density at radius 2 is 1.60 bits per heavy atom. The van der Waals surface area contributed by atoms with E-state index in [9.17, 15) is 36.4 Å². The molecule has 12 nitrogen and oxygen atoms in total. The highest BCUT2D eigenvalue weighted by Crippen LogP contribution is 2.65. The lowest BCUT2D eigenvalue weighted by Crippen LogP contribution is -2.62. The van der Waals surface area contributed by atoms with Crippen LogP contribution in [0.25, 0.3) is 0 Å². The predicted molar refractivity (Wildman–Crippen MR) is 197 cm³/mol. The van der Waals surface area contributed by atoms with Gasteiger partial charge in [0.2, 0.25) is 34.2 Å². The Kier molecular flexibility index (Phi) is 13.2. The van der Waals surface area contributed by atoms with Gasteiger partial charge in [0.1, 0.15) is 18.1 Å². The maximum Gasteiger partial charge on any atom is 0.315 e. The van der Waals surface area contributed by atoms with Gasteiger partial charge >= 0.3 is 6.03 Å². The van der Waals surface area contributed by atoms with E-state index in [4.69, 9.17) is 0 Å². The minimum absolute atomic E-state index is 0.00428. The van der Waals surface area contributed by atoms with E-state index in [0.717, 1.165) is 27.3 Å². The minimum atomic E-state index is -3.53. The van der Waals surface area contributed by atoms with Crippen LogP contribution in [-0.2, 0) is 30.8 Å². The number of aryl methyl sites for hydroxylation is 2. The number of likely N-dealkylation sites (tertiary alicyclic amines) is 1. The molecule has 0 radical (unpaired) electrons.